The van der Waals surface area contributed by atoms with Crippen LogP contribution in [0.1, 0.15) is 24.8 Å². The molecule has 1 aliphatic rings. The summed E-state index contributed by atoms with van der Waals surface area (Å²) in [5, 5.41) is 0. The first-order chi connectivity index (χ1) is 7.09. The van der Waals surface area contributed by atoms with Crippen LogP contribution >= 0.6 is 0 Å². The van der Waals surface area contributed by atoms with E-state index in [9.17, 15) is 4.79 Å². The van der Waals surface area contributed by atoms with Gasteiger partial charge in [-0.05, 0) is 37.0 Å². The van der Waals surface area contributed by atoms with Gasteiger partial charge in [0.05, 0.1) is 0 Å². The summed E-state index contributed by atoms with van der Waals surface area (Å²) in [6.07, 6.45) is 1.04. The molecule has 0 saturated heterocycles. The van der Waals surface area contributed by atoms with E-state index in [1.165, 1.54) is 11.3 Å². The van der Waals surface area contributed by atoms with Gasteiger partial charge in [0.15, 0.2) is 0 Å². The highest BCUT2D eigenvalue weighted by Crippen LogP contribution is 2.48. The minimum Gasteiger partial charge on any atom is -0.378 e. The maximum absolute atomic E-state index is 11.2. The van der Waals surface area contributed by atoms with Crippen molar-refractivity contribution >= 4 is 11.5 Å². The molecule has 2 heteroatoms. The summed E-state index contributed by atoms with van der Waals surface area (Å²) in [4.78, 5) is 13.2. The number of benzene rings is 1. The second-order valence-corrected chi connectivity index (χ2v) is 4.55. The Kier molecular flexibility index (Phi) is 2.51. The van der Waals surface area contributed by atoms with Crippen LogP contribution in [-0.4, -0.2) is 19.9 Å². The maximum Gasteiger partial charge on any atom is 0.133 e. The lowest BCUT2D eigenvalue weighted by Gasteiger charge is -2.12. The molecule has 0 spiro atoms. The Bertz CT molecular complexity index is 367. The van der Waals surface area contributed by atoms with E-state index in [1.54, 1.807) is 6.92 Å². The number of hydrogen-bond donors (Lipinski definition) is 0. The quantitative estimate of drug-likeness (QED) is 0.752. The first-order valence-corrected chi connectivity index (χ1v) is 5.37. The van der Waals surface area contributed by atoms with E-state index < -0.39 is 0 Å². The van der Waals surface area contributed by atoms with Crippen molar-refractivity contribution in [2.24, 2.45) is 5.92 Å². The molecular weight excluding hydrogens is 186 g/mol. The van der Waals surface area contributed by atoms with Crippen molar-refractivity contribution in [1.29, 1.82) is 0 Å². The van der Waals surface area contributed by atoms with Gasteiger partial charge in [0.1, 0.15) is 5.78 Å². The lowest BCUT2D eigenvalue weighted by atomic mass is 10.1. The highest BCUT2D eigenvalue weighted by Gasteiger charge is 2.41. The highest BCUT2D eigenvalue weighted by molar-refractivity contribution is 5.82. The summed E-state index contributed by atoms with van der Waals surface area (Å²) in [6.45, 7) is 1.69. The Hall–Kier alpha value is -1.31. The molecule has 1 aromatic carbocycles. The monoisotopic (exact) mass is 203 g/mol. The number of carbonyl (C=O) groups is 1. The van der Waals surface area contributed by atoms with E-state index in [2.05, 4.69) is 29.2 Å². The molecule has 2 atom stereocenters. The summed E-state index contributed by atoms with van der Waals surface area (Å²) in [5.74, 6) is 1.10. The zero-order valence-corrected chi connectivity index (χ0v) is 9.53. The first kappa shape index (κ1) is 10.2. The van der Waals surface area contributed by atoms with Crippen LogP contribution in [0.25, 0.3) is 0 Å². The van der Waals surface area contributed by atoms with Crippen LogP contribution in [0.3, 0.4) is 0 Å². The standard InChI is InChI=1S/C13H17NO/c1-9(15)12-8-13(12)10-4-6-11(7-5-10)14(2)3/h4-7,12-13H,8H2,1-3H3/t12-,13+/m0/s1. The molecule has 0 aromatic heterocycles. The molecule has 0 unspecified atom stereocenters. The van der Waals surface area contributed by atoms with Gasteiger partial charge in [-0.2, -0.15) is 0 Å². The van der Waals surface area contributed by atoms with Gasteiger partial charge >= 0.3 is 0 Å². The molecule has 15 heavy (non-hydrogen) atoms. The van der Waals surface area contributed by atoms with Crippen LogP contribution in [0.15, 0.2) is 24.3 Å². The highest BCUT2D eigenvalue weighted by atomic mass is 16.1. The van der Waals surface area contributed by atoms with Gasteiger partial charge in [0, 0.05) is 25.7 Å². The van der Waals surface area contributed by atoms with E-state index in [0.29, 0.717) is 11.7 Å². The van der Waals surface area contributed by atoms with Crippen LogP contribution in [0.4, 0.5) is 5.69 Å². The van der Waals surface area contributed by atoms with E-state index in [-0.39, 0.29) is 5.92 Å². The fraction of sp³-hybridized carbons (Fsp3) is 0.462. The Morgan fingerprint density at radius 2 is 1.87 bits per heavy atom. The molecule has 0 amide bonds. The second kappa shape index (κ2) is 3.69. The molecule has 1 aliphatic carbocycles. The van der Waals surface area contributed by atoms with Crippen molar-refractivity contribution in [2.75, 3.05) is 19.0 Å². The van der Waals surface area contributed by atoms with Crippen molar-refractivity contribution in [2.45, 2.75) is 19.3 Å². The number of carbonyl (C=O) groups excluding carboxylic acids is 1. The predicted octanol–water partition coefficient (Wildman–Crippen LogP) is 2.45. The topological polar surface area (TPSA) is 20.3 Å². The van der Waals surface area contributed by atoms with E-state index in [4.69, 9.17) is 0 Å². The van der Waals surface area contributed by atoms with Crippen LogP contribution in [-0.2, 0) is 4.79 Å². The molecule has 0 heterocycles. The second-order valence-electron chi connectivity index (χ2n) is 4.55. The van der Waals surface area contributed by atoms with Crippen LogP contribution < -0.4 is 4.90 Å². The minimum absolute atomic E-state index is 0.287. The summed E-state index contributed by atoms with van der Waals surface area (Å²) < 4.78 is 0. The lowest BCUT2D eigenvalue weighted by molar-refractivity contribution is -0.118. The zero-order chi connectivity index (χ0) is 11.0. The Labute approximate surface area is 90.9 Å². The van der Waals surface area contributed by atoms with Crippen LogP contribution in [0.2, 0.25) is 0 Å². The fourth-order valence-electron chi connectivity index (χ4n) is 2.03. The number of ketones is 1. The van der Waals surface area contributed by atoms with Crippen molar-refractivity contribution in [3.63, 3.8) is 0 Å². The van der Waals surface area contributed by atoms with Gasteiger partial charge in [0.2, 0.25) is 0 Å². The molecule has 1 fully saturated rings. The molecule has 0 aliphatic heterocycles. The summed E-state index contributed by atoms with van der Waals surface area (Å²) in [7, 11) is 4.06. The number of hydrogen-bond acceptors (Lipinski definition) is 2. The SMILES string of the molecule is CC(=O)[C@@H]1C[C@@H]1c1ccc(N(C)C)cc1. The lowest BCUT2D eigenvalue weighted by Crippen LogP contribution is -2.08. The number of nitrogens with zero attached hydrogens (tertiary/aromatic N) is 1. The molecule has 1 aromatic rings. The minimum atomic E-state index is 0.287. The Balaban J connectivity index is 2.09. The molecule has 0 N–H and O–H groups in total. The van der Waals surface area contributed by atoms with E-state index in [1.807, 2.05) is 14.1 Å². The van der Waals surface area contributed by atoms with Crippen LogP contribution in [0, 0.1) is 5.92 Å². The van der Waals surface area contributed by atoms with Gasteiger partial charge in [-0.25, -0.2) is 0 Å². The normalized spacial score (nSPS) is 23.7. The van der Waals surface area contributed by atoms with Crippen molar-refractivity contribution in [3.05, 3.63) is 29.8 Å². The fourth-order valence-corrected chi connectivity index (χ4v) is 2.03. The molecule has 1 saturated carbocycles. The molecule has 80 valence electrons. The zero-order valence-electron chi connectivity index (χ0n) is 9.53. The maximum atomic E-state index is 11.2. The summed E-state index contributed by atoms with van der Waals surface area (Å²) in [5.41, 5.74) is 2.51. The van der Waals surface area contributed by atoms with Crippen molar-refractivity contribution in [1.82, 2.24) is 0 Å². The van der Waals surface area contributed by atoms with Gasteiger partial charge < -0.3 is 4.90 Å². The Morgan fingerprint density at radius 3 is 2.27 bits per heavy atom. The molecule has 0 radical (unpaired) electrons. The van der Waals surface area contributed by atoms with Crippen molar-refractivity contribution < 1.29 is 4.79 Å². The molecule has 0 bridgehead atoms. The predicted molar refractivity (Wildman–Crippen MR) is 62.3 cm³/mol. The molecular formula is C13H17NO. The van der Waals surface area contributed by atoms with Gasteiger partial charge in [0.25, 0.3) is 0 Å². The summed E-state index contributed by atoms with van der Waals surface area (Å²) >= 11 is 0. The van der Waals surface area contributed by atoms with E-state index >= 15 is 0 Å². The van der Waals surface area contributed by atoms with E-state index in [0.717, 1.165) is 6.42 Å². The molecule has 2 nitrogen and oxygen atoms in total. The average molecular weight is 203 g/mol. The number of Topliss-reactive ketones (excluding diaryl/α,β-unsaturated/α-hetero) is 1. The third kappa shape index (κ3) is 2.04. The van der Waals surface area contributed by atoms with Crippen LogP contribution in [0.5, 0.6) is 0 Å². The van der Waals surface area contributed by atoms with Gasteiger partial charge in [-0.1, -0.05) is 12.1 Å². The Morgan fingerprint density at radius 1 is 1.27 bits per heavy atom. The smallest absolute Gasteiger partial charge is 0.133 e. The number of anilines is 1. The third-order valence-electron chi connectivity index (χ3n) is 3.15. The van der Waals surface area contributed by atoms with Gasteiger partial charge in [-0.3, -0.25) is 4.79 Å². The molecule has 2 rings (SSSR count). The first-order valence-electron chi connectivity index (χ1n) is 5.37. The van der Waals surface area contributed by atoms with Crippen molar-refractivity contribution in [3.8, 4) is 0 Å². The average Bonchev–Trinajstić information content (AvgIpc) is 2.97. The number of rotatable bonds is 3. The van der Waals surface area contributed by atoms with Gasteiger partial charge in [-0.15, -0.1) is 0 Å². The summed E-state index contributed by atoms with van der Waals surface area (Å²) in [6, 6.07) is 8.52. The largest absolute Gasteiger partial charge is 0.378 e. The third-order valence-corrected chi connectivity index (χ3v) is 3.15.